The molecule has 1 heterocycles. The van der Waals surface area contributed by atoms with Crippen LogP contribution in [0.25, 0.3) is 0 Å². The molecule has 1 N–H and O–H groups in total. The smallest absolute Gasteiger partial charge is 0.243 e. The van der Waals surface area contributed by atoms with Crippen molar-refractivity contribution in [2.24, 2.45) is 0 Å². The summed E-state index contributed by atoms with van der Waals surface area (Å²) in [5.41, 5.74) is 2.50. The van der Waals surface area contributed by atoms with Crippen LogP contribution in [0.4, 0.5) is 0 Å². The Balaban J connectivity index is 1.63. The van der Waals surface area contributed by atoms with Crippen LogP contribution in [-0.4, -0.2) is 35.6 Å². The van der Waals surface area contributed by atoms with Gasteiger partial charge in [-0.2, -0.15) is 0 Å². The summed E-state index contributed by atoms with van der Waals surface area (Å²) < 4.78 is 10.9. The predicted molar refractivity (Wildman–Crippen MR) is 145 cm³/mol. The first-order valence-corrected chi connectivity index (χ1v) is 13.0. The number of hydrogen-bond donors (Lipinski definition) is 1. The van der Waals surface area contributed by atoms with Gasteiger partial charge in [-0.05, 0) is 55.7 Å². The summed E-state index contributed by atoms with van der Waals surface area (Å²) in [5, 5.41) is 3.88. The number of amides is 2. The quantitative estimate of drug-likeness (QED) is 0.351. The Morgan fingerprint density at radius 2 is 1.62 bits per heavy atom. The van der Waals surface area contributed by atoms with Gasteiger partial charge in [-0.3, -0.25) is 9.59 Å². The molecule has 0 aromatic heterocycles. The summed E-state index contributed by atoms with van der Waals surface area (Å²) >= 11 is 13.0. The Labute approximate surface area is 227 Å². The number of ether oxygens (including phenoxy) is 2. The van der Waals surface area contributed by atoms with Gasteiger partial charge in [0, 0.05) is 41.0 Å². The van der Waals surface area contributed by atoms with Crippen LogP contribution in [0.15, 0.2) is 66.7 Å². The van der Waals surface area contributed by atoms with Crippen molar-refractivity contribution in [2.45, 2.75) is 51.7 Å². The number of rotatable bonds is 10. The molecule has 0 saturated carbocycles. The van der Waals surface area contributed by atoms with Crippen molar-refractivity contribution in [2.75, 3.05) is 6.79 Å². The van der Waals surface area contributed by atoms with Gasteiger partial charge in [-0.15, -0.1) is 0 Å². The Morgan fingerprint density at radius 3 is 2.32 bits per heavy atom. The molecule has 0 aliphatic carbocycles. The van der Waals surface area contributed by atoms with Crippen LogP contribution in [0.2, 0.25) is 10.0 Å². The first-order chi connectivity index (χ1) is 17.8. The third kappa shape index (κ3) is 6.96. The SMILES string of the molecule is CC(C)NC(=O)C(Cc1ccccc1)N(Cc1c(Cl)cccc1Cl)C(=O)CCc1ccc2c(c1)OCO2. The number of halogens is 2. The van der Waals surface area contributed by atoms with E-state index in [-0.39, 0.29) is 37.6 Å². The summed E-state index contributed by atoms with van der Waals surface area (Å²) in [4.78, 5) is 28.9. The minimum Gasteiger partial charge on any atom is -0.454 e. The standard InChI is InChI=1S/C29H30Cl2N2O4/c1-19(2)32-29(35)25(15-20-7-4-3-5-8-20)33(17-22-23(30)9-6-10-24(22)31)28(34)14-12-21-11-13-26-27(16-21)37-18-36-26/h3-11,13,16,19,25H,12,14-15,17-18H2,1-2H3,(H,32,35). The lowest BCUT2D eigenvalue weighted by Gasteiger charge is -2.32. The van der Waals surface area contributed by atoms with Crippen LogP contribution in [0.3, 0.4) is 0 Å². The van der Waals surface area contributed by atoms with Gasteiger partial charge in [-0.25, -0.2) is 0 Å². The van der Waals surface area contributed by atoms with Gasteiger partial charge in [0.25, 0.3) is 0 Å². The van der Waals surface area contributed by atoms with E-state index in [0.717, 1.165) is 11.1 Å². The van der Waals surface area contributed by atoms with Crippen LogP contribution >= 0.6 is 23.2 Å². The maximum Gasteiger partial charge on any atom is 0.243 e. The molecule has 0 radical (unpaired) electrons. The number of hydrogen-bond acceptors (Lipinski definition) is 4. The van der Waals surface area contributed by atoms with Gasteiger partial charge in [0.15, 0.2) is 11.5 Å². The predicted octanol–water partition coefficient (Wildman–Crippen LogP) is 5.82. The number of nitrogens with zero attached hydrogens (tertiary/aromatic N) is 1. The number of carbonyl (C=O) groups excluding carboxylic acids is 2. The van der Waals surface area contributed by atoms with Crippen molar-refractivity contribution in [1.29, 1.82) is 0 Å². The fourth-order valence-corrected chi connectivity index (χ4v) is 4.80. The molecule has 37 heavy (non-hydrogen) atoms. The Bertz CT molecular complexity index is 1230. The van der Waals surface area contributed by atoms with E-state index in [0.29, 0.717) is 39.9 Å². The molecule has 0 bridgehead atoms. The van der Waals surface area contributed by atoms with Gasteiger partial charge in [0.05, 0.1) is 0 Å². The average Bonchev–Trinajstić information content (AvgIpc) is 3.34. The molecule has 3 aromatic carbocycles. The zero-order chi connectivity index (χ0) is 26.4. The van der Waals surface area contributed by atoms with Crippen LogP contribution in [-0.2, 0) is 29.0 Å². The van der Waals surface area contributed by atoms with E-state index in [4.69, 9.17) is 32.7 Å². The fourth-order valence-electron chi connectivity index (χ4n) is 4.28. The van der Waals surface area contributed by atoms with Crippen molar-refractivity contribution in [3.05, 3.63) is 93.5 Å². The molecule has 1 atom stereocenters. The molecule has 194 valence electrons. The molecule has 4 rings (SSSR count). The van der Waals surface area contributed by atoms with E-state index in [1.54, 1.807) is 23.1 Å². The number of carbonyl (C=O) groups is 2. The van der Waals surface area contributed by atoms with E-state index >= 15 is 0 Å². The number of fused-ring (bicyclic) bond motifs is 1. The Hall–Kier alpha value is -3.22. The van der Waals surface area contributed by atoms with Crippen molar-refractivity contribution in [3.63, 3.8) is 0 Å². The lowest BCUT2D eigenvalue weighted by Crippen LogP contribution is -2.51. The van der Waals surface area contributed by atoms with Crippen LogP contribution < -0.4 is 14.8 Å². The number of nitrogens with one attached hydrogen (secondary N) is 1. The van der Waals surface area contributed by atoms with Crippen LogP contribution in [0.1, 0.15) is 37.0 Å². The molecule has 0 saturated heterocycles. The topological polar surface area (TPSA) is 67.9 Å². The third-order valence-corrected chi connectivity index (χ3v) is 6.86. The molecular formula is C29H30Cl2N2O4. The van der Waals surface area contributed by atoms with Crippen molar-refractivity contribution in [1.82, 2.24) is 10.2 Å². The molecule has 3 aromatic rings. The first-order valence-electron chi connectivity index (χ1n) is 12.3. The van der Waals surface area contributed by atoms with Crippen molar-refractivity contribution < 1.29 is 19.1 Å². The highest BCUT2D eigenvalue weighted by Crippen LogP contribution is 2.33. The summed E-state index contributed by atoms with van der Waals surface area (Å²) in [7, 11) is 0. The minimum absolute atomic E-state index is 0.0831. The lowest BCUT2D eigenvalue weighted by molar-refractivity contribution is -0.141. The third-order valence-electron chi connectivity index (χ3n) is 6.16. The van der Waals surface area contributed by atoms with E-state index in [1.807, 2.05) is 62.4 Å². The second-order valence-electron chi connectivity index (χ2n) is 9.28. The molecule has 1 aliphatic heterocycles. The normalized spacial score (nSPS) is 12.9. The van der Waals surface area contributed by atoms with Gasteiger partial charge >= 0.3 is 0 Å². The molecule has 0 spiro atoms. The van der Waals surface area contributed by atoms with Crippen molar-refractivity contribution >= 4 is 35.0 Å². The summed E-state index contributed by atoms with van der Waals surface area (Å²) in [5.74, 6) is 0.966. The highest BCUT2D eigenvalue weighted by molar-refractivity contribution is 6.36. The largest absolute Gasteiger partial charge is 0.454 e. The zero-order valence-electron chi connectivity index (χ0n) is 20.9. The average molecular weight is 541 g/mol. The molecule has 6 nitrogen and oxygen atoms in total. The summed E-state index contributed by atoms with van der Waals surface area (Å²) in [6.45, 7) is 4.10. The van der Waals surface area contributed by atoms with Crippen molar-refractivity contribution in [3.8, 4) is 11.5 Å². The maximum atomic E-state index is 13.8. The fraction of sp³-hybridized carbons (Fsp3) is 0.310. The summed E-state index contributed by atoms with van der Waals surface area (Å²) in [6, 6.07) is 19.7. The highest BCUT2D eigenvalue weighted by Gasteiger charge is 2.31. The van der Waals surface area contributed by atoms with Gasteiger partial charge in [0.1, 0.15) is 6.04 Å². The monoisotopic (exact) mass is 540 g/mol. The molecule has 2 amide bonds. The second kappa shape index (κ2) is 12.3. The van der Waals surface area contributed by atoms with Crippen LogP contribution in [0, 0.1) is 0 Å². The van der Waals surface area contributed by atoms with Crippen LogP contribution in [0.5, 0.6) is 11.5 Å². The molecule has 1 unspecified atom stereocenters. The molecule has 1 aliphatic rings. The highest BCUT2D eigenvalue weighted by atomic mass is 35.5. The molecular weight excluding hydrogens is 511 g/mol. The van der Waals surface area contributed by atoms with E-state index in [9.17, 15) is 9.59 Å². The Morgan fingerprint density at radius 1 is 0.919 bits per heavy atom. The van der Waals surface area contributed by atoms with Gasteiger partial charge in [-0.1, -0.05) is 65.7 Å². The second-order valence-corrected chi connectivity index (χ2v) is 10.1. The number of benzene rings is 3. The lowest BCUT2D eigenvalue weighted by atomic mass is 10.0. The molecule has 0 fully saturated rings. The summed E-state index contributed by atoms with van der Waals surface area (Å²) in [6.07, 6.45) is 1.03. The Kier molecular flexibility index (Phi) is 8.95. The first kappa shape index (κ1) is 26.8. The zero-order valence-corrected chi connectivity index (χ0v) is 22.4. The number of aryl methyl sites for hydroxylation is 1. The van der Waals surface area contributed by atoms with E-state index in [1.165, 1.54) is 0 Å². The maximum absolute atomic E-state index is 13.8. The van der Waals surface area contributed by atoms with E-state index < -0.39 is 6.04 Å². The minimum atomic E-state index is -0.749. The van der Waals surface area contributed by atoms with E-state index in [2.05, 4.69) is 5.32 Å². The van der Waals surface area contributed by atoms with Gasteiger partial charge < -0.3 is 19.7 Å². The van der Waals surface area contributed by atoms with Gasteiger partial charge in [0.2, 0.25) is 18.6 Å². The molecule has 8 heteroatoms.